The highest BCUT2D eigenvalue weighted by Crippen LogP contribution is 2.08. The Morgan fingerprint density at radius 3 is 0.795 bits per heavy atom. The Bertz CT molecular complexity index is 514. The van der Waals surface area contributed by atoms with E-state index in [9.17, 15) is 0 Å². The zero-order valence-corrected chi connectivity index (χ0v) is 28.0. The SMILES string of the molecule is C=CCOCCOCCOCCOCCOCCOCCOCCOCCOCCOCCOCCCCCCCCCC. The van der Waals surface area contributed by atoms with E-state index in [0.29, 0.717) is 139 Å². The van der Waals surface area contributed by atoms with E-state index in [-0.39, 0.29) is 0 Å². The van der Waals surface area contributed by atoms with Crippen LogP contribution in [0.1, 0.15) is 58.3 Å². The molecule has 0 spiro atoms. The molecule has 0 fully saturated rings. The average Bonchev–Trinajstić information content (AvgIpc) is 3.04. The summed E-state index contributed by atoms with van der Waals surface area (Å²) in [6.45, 7) is 18.2. The molecule has 0 aromatic rings. The summed E-state index contributed by atoms with van der Waals surface area (Å²) in [6, 6.07) is 0. The lowest BCUT2D eigenvalue weighted by Gasteiger charge is -2.09. The first-order valence-corrected chi connectivity index (χ1v) is 16.9. The minimum Gasteiger partial charge on any atom is -0.379 e. The van der Waals surface area contributed by atoms with Gasteiger partial charge in [0, 0.05) is 6.61 Å². The molecule has 0 saturated carbocycles. The Kier molecular flexibility index (Phi) is 41.6. The maximum absolute atomic E-state index is 5.62. The molecule has 0 aliphatic rings. The van der Waals surface area contributed by atoms with E-state index >= 15 is 0 Å². The van der Waals surface area contributed by atoms with Crippen molar-refractivity contribution >= 4 is 0 Å². The third-order valence-corrected chi connectivity index (χ3v) is 6.10. The zero-order chi connectivity index (χ0) is 31.7. The van der Waals surface area contributed by atoms with Crippen LogP contribution >= 0.6 is 0 Å². The fraction of sp³-hybridized carbons (Fsp3) is 0.939. The molecule has 0 N–H and O–H groups in total. The Labute approximate surface area is 268 Å². The van der Waals surface area contributed by atoms with Crippen LogP contribution in [0.5, 0.6) is 0 Å². The molecule has 0 aromatic carbocycles. The molecule has 0 saturated heterocycles. The standard InChI is InChI=1S/C33H66O11/c1-3-5-6-7-8-9-10-11-13-35-15-17-37-19-21-39-23-25-41-27-29-43-31-33-44-32-30-42-28-26-40-24-22-38-20-18-36-16-14-34-12-4-2/h4H,2-3,5-33H2,1H3. The smallest absolute Gasteiger partial charge is 0.0704 e. The third-order valence-electron chi connectivity index (χ3n) is 6.10. The molecule has 0 aliphatic heterocycles. The molecule has 264 valence electrons. The second kappa shape index (κ2) is 42.3. The van der Waals surface area contributed by atoms with Crippen molar-refractivity contribution in [3.05, 3.63) is 12.7 Å². The van der Waals surface area contributed by atoms with E-state index in [1.54, 1.807) is 6.08 Å². The van der Waals surface area contributed by atoms with Crippen LogP contribution < -0.4 is 0 Å². The highest BCUT2D eigenvalue weighted by Gasteiger charge is 1.97. The Morgan fingerprint density at radius 2 is 0.523 bits per heavy atom. The normalized spacial score (nSPS) is 11.5. The molecule has 0 amide bonds. The van der Waals surface area contributed by atoms with Gasteiger partial charge in [-0.05, 0) is 6.42 Å². The van der Waals surface area contributed by atoms with Gasteiger partial charge in [-0.25, -0.2) is 0 Å². The van der Waals surface area contributed by atoms with Gasteiger partial charge >= 0.3 is 0 Å². The van der Waals surface area contributed by atoms with Crippen LogP contribution in [-0.2, 0) is 52.1 Å². The van der Waals surface area contributed by atoms with Gasteiger partial charge in [-0.1, -0.05) is 57.9 Å². The summed E-state index contributed by atoms with van der Waals surface area (Å²) in [5, 5.41) is 0. The first kappa shape index (κ1) is 43.3. The van der Waals surface area contributed by atoms with Crippen LogP contribution in [0, 0.1) is 0 Å². The summed E-state index contributed by atoms with van der Waals surface area (Å²) in [7, 11) is 0. The number of ether oxygens (including phenoxy) is 11. The summed E-state index contributed by atoms with van der Waals surface area (Å²) in [6.07, 6.45) is 12.3. The van der Waals surface area contributed by atoms with Gasteiger partial charge in [-0.2, -0.15) is 0 Å². The number of hydrogen-bond donors (Lipinski definition) is 0. The van der Waals surface area contributed by atoms with Crippen molar-refractivity contribution in [2.24, 2.45) is 0 Å². The van der Waals surface area contributed by atoms with Crippen molar-refractivity contribution in [1.82, 2.24) is 0 Å². The maximum Gasteiger partial charge on any atom is 0.0704 e. The molecular formula is C33H66O11. The molecule has 11 nitrogen and oxygen atoms in total. The van der Waals surface area contributed by atoms with Gasteiger partial charge in [0.05, 0.1) is 139 Å². The molecular weight excluding hydrogens is 572 g/mol. The number of unbranched alkanes of at least 4 members (excludes halogenated alkanes) is 7. The molecule has 0 bridgehead atoms. The van der Waals surface area contributed by atoms with Crippen LogP contribution in [0.2, 0.25) is 0 Å². The summed E-state index contributed by atoms with van der Waals surface area (Å²) in [5.74, 6) is 0. The predicted molar refractivity (Wildman–Crippen MR) is 172 cm³/mol. The summed E-state index contributed by atoms with van der Waals surface area (Å²) >= 11 is 0. The Hall–Kier alpha value is -0.700. The van der Waals surface area contributed by atoms with E-state index in [4.69, 9.17) is 52.1 Å². The molecule has 0 radical (unpaired) electrons. The van der Waals surface area contributed by atoms with Crippen LogP contribution in [-0.4, -0.2) is 145 Å². The van der Waals surface area contributed by atoms with Crippen LogP contribution in [0.15, 0.2) is 12.7 Å². The summed E-state index contributed by atoms with van der Waals surface area (Å²) < 4.78 is 60.1. The van der Waals surface area contributed by atoms with Crippen molar-refractivity contribution in [1.29, 1.82) is 0 Å². The number of rotatable bonds is 41. The summed E-state index contributed by atoms with van der Waals surface area (Å²) in [4.78, 5) is 0. The summed E-state index contributed by atoms with van der Waals surface area (Å²) in [5.41, 5.74) is 0. The van der Waals surface area contributed by atoms with Gasteiger partial charge in [-0.15, -0.1) is 6.58 Å². The molecule has 11 heteroatoms. The molecule has 0 heterocycles. The zero-order valence-electron chi connectivity index (χ0n) is 28.0. The third kappa shape index (κ3) is 41.3. The van der Waals surface area contributed by atoms with Crippen molar-refractivity contribution in [2.75, 3.05) is 145 Å². The lowest BCUT2D eigenvalue weighted by atomic mass is 10.1. The fourth-order valence-electron chi connectivity index (χ4n) is 3.70. The minimum absolute atomic E-state index is 0.523. The number of hydrogen-bond acceptors (Lipinski definition) is 11. The first-order valence-electron chi connectivity index (χ1n) is 16.9. The molecule has 0 unspecified atom stereocenters. The molecule has 0 rings (SSSR count). The van der Waals surface area contributed by atoms with E-state index in [1.165, 1.54) is 44.9 Å². The van der Waals surface area contributed by atoms with Gasteiger partial charge in [-0.3, -0.25) is 0 Å². The van der Waals surface area contributed by atoms with Crippen LogP contribution in [0.4, 0.5) is 0 Å². The largest absolute Gasteiger partial charge is 0.379 e. The van der Waals surface area contributed by atoms with Gasteiger partial charge in [0.1, 0.15) is 0 Å². The van der Waals surface area contributed by atoms with E-state index in [0.717, 1.165) is 13.0 Å². The highest BCUT2D eigenvalue weighted by molar-refractivity contribution is 4.63. The Balaban J connectivity index is 3.03. The first-order chi connectivity index (χ1) is 21.9. The lowest BCUT2D eigenvalue weighted by Crippen LogP contribution is -2.15. The minimum atomic E-state index is 0.523. The highest BCUT2D eigenvalue weighted by atomic mass is 16.6. The second-order valence-corrected chi connectivity index (χ2v) is 9.96. The second-order valence-electron chi connectivity index (χ2n) is 9.96. The van der Waals surface area contributed by atoms with Crippen LogP contribution in [0.3, 0.4) is 0 Å². The van der Waals surface area contributed by atoms with Gasteiger partial charge < -0.3 is 52.1 Å². The molecule has 44 heavy (non-hydrogen) atoms. The predicted octanol–water partition coefficient (Wildman–Crippen LogP) is 4.50. The fourth-order valence-corrected chi connectivity index (χ4v) is 3.70. The van der Waals surface area contributed by atoms with Crippen molar-refractivity contribution < 1.29 is 52.1 Å². The van der Waals surface area contributed by atoms with E-state index in [2.05, 4.69) is 13.5 Å². The van der Waals surface area contributed by atoms with Gasteiger partial charge in [0.15, 0.2) is 0 Å². The van der Waals surface area contributed by atoms with Crippen LogP contribution in [0.25, 0.3) is 0 Å². The van der Waals surface area contributed by atoms with Gasteiger partial charge in [0.25, 0.3) is 0 Å². The van der Waals surface area contributed by atoms with Crippen molar-refractivity contribution in [3.63, 3.8) is 0 Å². The lowest BCUT2D eigenvalue weighted by molar-refractivity contribution is -0.0273. The average molecular weight is 639 g/mol. The van der Waals surface area contributed by atoms with Gasteiger partial charge in [0.2, 0.25) is 0 Å². The van der Waals surface area contributed by atoms with Crippen molar-refractivity contribution in [2.45, 2.75) is 58.3 Å². The van der Waals surface area contributed by atoms with E-state index in [1.807, 2.05) is 0 Å². The maximum atomic E-state index is 5.62. The van der Waals surface area contributed by atoms with E-state index < -0.39 is 0 Å². The quantitative estimate of drug-likeness (QED) is 0.0699. The molecule has 0 aromatic heterocycles. The monoisotopic (exact) mass is 638 g/mol. The Morgan fingerprint density at radius 1 is 0.295 bits per heavy atom. The molecule has 0 aliphatic carbocycles. The molecule has 0 atom stereocenters. The topological polar surface area (TPSA) is 102 Å². The van der Waals surface area contributed by atoms with Crippen molar-refractivity contribution in [3.8, 4) is 0 Å².